The highest BCUT2D eigenvalue weighted by molar-refractivity contribution is 9.10. The van der Waals surface area contributed by atoms with E-state index in [0.717, 1.165) is 4.90 Å². The predicted molar refractivity (Wildman–Crippen MR) is 74.6 cm³/mol. The number of nitrogens with one attached hydrogen (secondary N) is 1. The van der Waals surface area contributed by atoms with E-state index in [9.17, 15) is 22.8 Å². The summed E-state index contributed by atoms with van der Waals surface area (Å²) < 4.78 is 36.5. The molecule has 0 spiro atoms. The molecule has 0 aliphatic heterocycles. The van der Waals surface area contributed by atoms with Crippen LogP contribution >= 0.6 is 15.9 Å². The average Bonchev–Trinajstić information content (AvgIpc) is 2.34. The zero-order valence-corrected chi connectivity index (χ0v) is 12.6. The smallest absolute Gasteiger partial charge is 0.398 e. The van der Waals surface area contributed by atoms with Crippen molar-refractivity contribution in [1.29, 1.82) is 0 Å². The van der Waals surface area contributed by atoms with Crippen molar-refractivity contribution in [2.24, 2.45) is 0 Å². The Morgan fingerprint density at radius 1 is 1.38 bits per heavy atom. The number of alkyl halides is 3. The number of anilines is 1. The van der Waals surface area contributed by atoms with E-state index in [4.69, 9.17) is 5.73 Å². The van der Waals surface area contributed by atoms with Gasteiger partial charge >= 0.3 is 6.18 Å². The van der Waals surface area contributed by atoms with Crippen molar-refractivity contribution < 1.29 is 22.8 Å². The third-order valence-corrected chi connectivity index (χ3v) is 2.95. The molecular weight excluding hydrogens is 355 g/mol. The summed E-state index contributed by atoms with van der Waals surface area (Å²) in [5, 5.41) is 1.69. The number of rotatable bonds is 4. The quantitative estimate of drug-likeness (QED) is 0.796. The van der Waals surface area contributed by atoms with Gasteiger partial charge in [0.15, 0.2) is 0 Å². The van der Waals surface area contributed by atoms with Gasteiger partial charge in [0, 0.05) is 17.2 Å². The van der Waals surface area contributed by atoms with E-state index in [2.05, 4.69) is 15.9 Å². The molecule has 0 aromatic heterocycles. The van der Waals surface area contributed by atoms with Crippen LogP contribution in [0.3, 0.4) is 0 Å². The van der Waals surface area contributed by atoms with Crippen molar-refractivity contribution in [2.75, 3.05) is 25.9 Å². The summed E-state index contributed by atoms with van der Waals surface area (Å²) >= 11 is 3.19. The number of halogens is 4. The van der Waals surface area contributed by atoms with Crippen LogP contribution in [0.1, 0.15) is 10.4 Å². The molecule has 2 amide bonds. The molecule has 1 aromatic carbocycles. The number of likely N-dealkylation sites (N-methyl/N-ethyl adjacent to an activating group) is 1. The van der Waals surface area contributed by atoms with Gasteiger partial charge in [-0.1, -0.05) is 15.9 Å². The highest BCUT2D eigenvalue weighted by atomic mass is 79.9. The Balaban J connectivity index is 2.64. The molecular formula is C12H13BrF3N3O2. The molecule has 0 aliphatic carbocycles. The molecule has 0 bridgehead atoms. The molecule has 0 fully saturated rings. The maximum atomic E-state index is 12.0. The Morgan fingerprint density at radius 2 is 2.00 bits per heavy atom. The topological polar surface area (TPSA) is 75.4 Å². The third kappa shape index (κ3) is 5.62. The minimum absolute atomic E-state index is 0.171. The number of benzene rings is 1. The average molecular weight is 368 g/mol. The van der Waals surface area contributed by atoms with Gasteiger partial charge in [-0.05, 0) is 18.2 Å². The predicted octanol–water partition coefficient (Wildman–Crippen LogP) is 1.78. The minimum atomic E-state index is -4.49. The van der Waals surface area contributed by atoms with Gasteiger partial charge in [0.25, 0.3) is 5.91 Å². The van der Waals surface area contributed by atoms with Crippen LogP contribution in [-0.2, 0) is 4.79 Å². The van der Waals surface area contributed by atoms with Gasteiger partial charge < -0.3 is 16.0 Å². The van der Waals surface area contributed by atoms with Crippen molar-refractivity contribution in [3.8, 4) is 0 Å². The van der Waals surface area contributed by atoms with Gasteiger partial charge in [-0.2, -0.15) is 13.2 Å². The summed E-state index contributed by atoms with van der Waals surface area (Å²) in [4.78, 5) is 24.4. The molecule has 9 heteroatoms. The van der Waals surface area contributed by atoms with Crippen LogP contribution in [0.25, 0.3) is 0 Å². The van der Waals surface area contributed by atoms with Crippen LogP contribution in [0.15, 0.2) is 22.7 Å². The molecule has 1 rings (SSSR count). The second-order valence-electron chi connectivity index (χ2n) is 4.28. The second kappa shape index (κ2) is 6.79. The number of nitrogens with zero attached hydrogens (tertiary/aromatic N) is 1. The molecule has 116 valence electrons. The Morgan fingerprint density at radius 3 is 2.52 bits per heavy atom. The summed E-state index contributed by atoms with van der Waals surface area (Å²) in [6, 6.07) is 4.58. The fourth-order valence-corrected chi connectivity index (χ4v) is 1.85. The van der Waals surface area contributed by atoms with Gasteiger partial charge in [-0.3, -0.25) is 9.59 Å². The summed E-state index contributed by atoms with van der Waals surface area (Å²) in [6.07, 6.45) is -4.49. The molecule has 1 aromatic rings. The van der Waals surface area contributed by atoms with E-state index < -0.39 is 31.1 Å². The summed E-state index contributed by atoms with van der Waals surface area (Å²) in [6.45, 7) is -1.93. The number of carbonyl (C=O) groups excluding carboxylic acids is 2. The first-order chi connectivity index (χ1) is 9.60. The lowest BCUT2D eigenvalue weighted by Crippen LogP contribution is -2.41. The first-order valence-electron chi connectivity index (χ1n) is 5.74. The second-order valence-corrected chi connectivity index (χ2v) is 5.20. The van der Waals surface area contributed by atoms with Crippen LogP contribution in [0.2, 0.25) is 0 Å². The van der Waals surface area contributed by atoms with Crippen molar-refractivity contribution in [3.05, 3.63) is 28.2 Å². The van der Waals surface area contributed by atoms with Crippen LogP contribution < -0.4 is 11.1 Å². The van der Waals surface area contributed by atoms with E-state index in [1.807, 2.05) is 0 Å². The number of nitrogen functional groups attached to an aromatic ring is 1. The van der Waals surface area contributed by atoms with Crippen LogP contribution in [-0.4, -0.2) is 43.0 Å². The molecule has 0 unspecified atom stereocenters. The standard InChI is InChI=1S/C12H13BrF3N3O2/c1-19(5-10(20)18-6-12(14,15)16)11(21)8-3-2-7(13)4-9(8)17/h2-4H,5-6,17H2,1H3,(H,18,20). The number of hydrogen-bond donors (Lipinski definition) is 2. The highest BCUT2D eigenvalue weighted by Gasteiger charge is 2.28. The fraction of sp³-hybridized carbons (Fsp3) is 0.333. The van der Waals surface area contributed by atoms with Crippen LogP contribution in [0.5, 0.6) is 0 Å². The first kappa shape index (κ1) is 17.3. The Hall–Kier alpha value is -1.77. The van der Waals surface area contributed by atoms with Gasteiger partial charge in [0.1, 0.15) is 6.54 Å². The zero-order valence-electron chi connectivity index (χ0n) is 11.0. The molecule has 3 N–H and O–H groups in total. The van der Waals surface area contributed by atoms with Gasteiger partial charge in [0.2, 0.25) is 5.91 Å². The van der Waals surface area contributed by atoms with Crippen molar-refractivity contribution >= 4 is 33.4 Å². The molecule has 0 atom stereocenters. The van der Waals surface area contributed by atoms with Crippen LogP contribution in [0.4, 0.5) is 18.9 Å². The van der Waals surface area contributed by atoms with Crippen molar-refractivity contribution in [3.63, 3.8) is 0 Å². The molecule has 21 heavy (non-hydrogen) atoms. The zero-order chi connectivity index (χ0) is 16.2. The van der Waals surface area contributed by atoms with Crippen molar-refractivity contribution in [1.82, 2.24) is 10.2 Å². The van der Waals surface area contributed by atoms with E-state index in [-0.39, 0.29) is 11.3 Å². The van der Waals surface area contributed by atoms with E-state index >= 15 is 0 Å². The van der Waals surface area contributed by atoms with E-state index in [0.29, 0.717) is 4.47 Å². The van der Waals surface area contributed by atoms with E-state index in [1.54, 1.807) is 11.4 Å². The van der Waals surface area contributed by atoms with Crippen molar-refractivity contribution in [2.45, 2.75) is 6.18 Å². The number of hydrogen-bond acceptors (Lipinski definition) is 3. The Labute approximate surface area is 127 Å². The van der Waals surface area contributed by atoms with Gasteiger partial charge in [0.05, 0.1) is 12.1 Å². The maximum Gasteiger partial charge on any atom is 0.405 e. The normalized spacial score (nSPS) is 11.1. The van der Waals surface area contributed by atoms with E-state index in [1.165, 1.54) is 19.2 Å². The van der Waals surface area contributed by atoms with Gasteiger partial charge in [-0.25, -0.2) is 0 Å². The molecule has 0 saturated heterocycles. The molecule has 0 saturated carbocycles. The largest absolute Gasteiger partial charge is 0.405 e. The summed E-state index contributed by atoms with van der Waals surface area (Å²) in [7, 11) is 1.30. The lowest BCUT2D eigenvalue weighted by atomic mass is 10.1. The molecule has 0 radical (unpaired) electrons. The number of amides is 2. The molecule has 0 aliphatic rings. The SMILES string of the molecule is CN(CC(=O)NCC(F)(F)F)C(=O)c1ccc(Br)cc1N. The van der Waals surface area contributed by atoms with Gasteiger partial charge in [-0.15, -0.1) is 0 Å². The monoisotopic (exact) mass is 367 g/mol. The number of carbonyl (C=O) groups is 2. The maximum absolute atomic E-state index is 12.0. The first-order valence-corrected chi connectivity index (χ1v) is 6.53. The fourth-order valence-electron chi connectivity index (χ4n) is 1.48. The third-order valence-electron chi connectivity index (χ3n) is 2.46. The number of nitrogens with two attached hydrogens (primary N) is 1. The van der Waals surface area contributed by atoms with Crippen LogP contribution in [0, 0.1) is 0 Å². The minimum Gasteiger partial charge on any atom is -0.398 e. The summed E-state index contributed by atoms with van der Waals surface area (Å²) in [5.74, 6) is -1.46. The lowest BCUT2D eigenvalue weighted by Gasteiger charge is -2.18. The Kier molecular flexibility index (Phi) is 5.59. The Bertz CT molecular complexity index is 549. The summed E-state index contributed by atoms with van der Waals surface area (Å²) in [5.41, 5.74) is 6.06. The highest BCUT2D eigenvalue weighted by Crippen LogP contribution is 2.19. The molecule has 0 heterocycles. The lowest BCUT2D eigenvalue weighted by molar-refractivity contribution is -0.138. The molecule has 5 nitrogen and oxygen atoms in total.